The van der Waals surface area contributed by atoms with Gasteiger partial charge in [0.25, 0.3) is 0 Å². The van der Waals surface area contributed by atoms with Gasteiger partial charge in [-0.25, -0.2) is 0 Å². The molecule has 2 aromatic rings. The molecule has 0 aliphatic carbocycles. The van der Waals surface area contributed by atoms with Crippen molar-refractivity contribution in [2.24, 2.45) is 7.05 Å². The van der Waals surface area contributed by atoms with Gasteiger partial charge in [0.1, 0.15) is 0 Å². The molecule has 0 fully saturated rings. The Bertz CT molecular complexity index is 522. The maximum Gasteiger partial charge on any atom is 0.240 e. The van der Waals surface area contributed by atoms with E-state index in [-0.39, 0.29) is 38.3 Å². The van der Waals surface area contributed by atoms with Crippen molar-refractivity contribution in [3.05, 3.63) is 34.5 Å². The molecule has 0 aliphatic rings. The maximum atomic E-state index is 11.2. The van der Waals surface area contributed by atoms with E-state index in [1.165, 1.54) is 10.6 Å². The van der Waals surface area contributed by atoms with E-state index in [1.807, 2.05) is 20.8 Å². The molecule has 0 N–H and O–H groups in total. The second-order valence-electron chi connectivity index (χ2n) is 2.88. The molecule has 83 valence electrons. The van der Waals surface area contributed by atoms with E-state index in [2.05, 4.69) is 16.3 Å². The quantitative estimate of drug-likeness (QED) is 0.691. The van der Waals surface area contributed by atoms with Crippen molar-refractivity contribution >= 4 is 11.0 Å². The zero-order chi connectivity index (χ0) is 11.4. The zero-order valence-electron chi connectivity index (χ0n) is 9.98. The van der Waals surface area contributed by atoms with E-state index in [4.69, 9.17) is 0 Å². The number of aromatic nitrogens is 3. The molecule has 2 aromatic heterocycles. The Morgan fingerprint density at radius 3 is 2.50 bits per heavy atom. The predicted octanol–water partition coefficient (Wildman–Crippen LogP) is 1.46. The first-order chi connectivity index (χ1) is 7.20. The van der Waals surface area contributed by atoms with Crippen LogP contribution in [0.4, 0.5) is 0 Å². The van der Waals surface area contributed by atoms with Crippen molar-refractivity contribution in [1.29, 1.82) is 0 Å². The molecule has 2 rings (SSSR count). The molecule has 0 saturated heterocycles. The van der Waals surface area contributed by atoms with Gasteiger partial charge in [-0.05, 0) is 0 Å². The van der Waals surface area contributed by atoms with Gasteiger partial charge < -0.3 is 14.5 Å². The van der Waals surface area contributed by atoms with Gasteiger partial charge in [-0.3, -0.25) is 4.79 Å². The first-order valence-corrected chi connectivity index (χ1v) is 4.90. The summed E-state index contributed by atoms with van der Waals surface area (Å²) in [6.07, 6.45) is 2.51. The van der Waals surface area contributed by atoms with Crippen LogP contribution in [0.1, 0.15) is 19.5 Å². The molecule has 0 bridgehead atoms. The first-order valence-electron chi connectivity index (χ1n) is 4.90. The van der Waals surface area contributed by atoms with Gasteiger partial charge in [0, 0.05) is 57.8 Å². The molecule has 0 aromatic carbocycles. The van der Waals surface area contributed by atoms with Crippen molar-refractivity contribution in [2.45, 2.75) is 20.8 Å². The van der Waals surface area contributed by atoms with E-state index in [0.717, 1.165) is 11.1 Å². The molecule has 16 heavy (non-hydrogen) atoms. The van der Waals surface area contributed by atoms with Gasteiger partial charge >= 0.3 is 0 Å². The largest absolute Gasteiger partial charge is 0.370 e. The third-order valence-electron chi connectivity index (χ3n) is 2.05. The second-order valence-corrected chi connectivity index (χ2v) is 2.88. The minimum absolute atomic E-state index is 0. The van der Waals surface area contributed by atoms with E-state index < -0.39 is 0 Å². The van der Waals surface area contributed by atoms with Crippen molar-refractivity contribution in [3.8, 4) is 0 Å². The predicted molar refractivity (Wildman–Crippen MR) is 59.7 cm³/mol. The topological polar surface area (TPSA) is 47.8 Å². The van der Waals surface area contributed by atoms with E-state index in [9.17, 15) is 4.79 Å². The Kier molecular flexibility index (Phi) is 6.61. The van der Waals surface area contributed by atoms with Gasteiger partial charge in [0.05, 0.1) is 0 Å². The van der Waals surface area contributed by atoms with Crippen molar-refractivity contribution in [3.63, 3.8) is 0 Å². The number of hydrogen-bond acceptors (Lipinski definition) is 3. The standard InChI is InChI=1S/C9H8N3O.C2H6.Y/c1-6-7-3-4-8(13)12(2)9(7)11-5-10-6;1-2;/h3-4H,1-2H3;1-2H3;/q-1;;. The summed E-state index contributed by atoms with van der Waals surface area (Å²) >= 11 is 0. The summed E-state index contributed by atoms with van der Waals surface area (Å²) in [5.74, 6) is 0. The van der Waals surface area contributed by atoms with Crippen molar-refractivity contribution < 1.29 is 32.7 Å². The Morgan fingerprint density at radius 2 is 1.88 bits per heavy atom. The minimum atomic E-state index is -0.0704. The average Bonchev–Trinajstić information content (AvgIpc) is 2.27. The third-order valence-corrected chi connectivity index (χ3v) is 2.05. The average molecular weight is 293 g/mol. The van der Waals surface area contributed by atoms with Crippen LogP contribution >= 0.6 is 0 Å². The van der Waals surface area contributed by atoms with E-state index in [1.54, 1.807) is 13.1 Å². The van der Waals surface area contributed by atoms with Crippen LogP contribution in [0.2, 0.25) is 0 Å². The Hall–Kier alpha value is -0.606. The fourth-order valence-electron chi connectivity index (χ4n) is 1.25. The fraction of sp³-hybridized carbons (Fsp3) is 0.364. The molecule has 0 spiro atoms. The van der Waals surface area contributed by atoms with Gasteiger partial charge in [-0.15, -0.1) is 0 Å². The van der Waals surface area contributed by atoms with Gasteiger partial charge in [-0.1, -0.05) is 37.9 Å². The van der Waals surface area contributed by atoms with Crippen LogP contribution in [0.25, 0.3) is 11.0 Å². The molecule has 0 unspecified atom stereocenters. The summed E-state index contributed by atoms with van der Waals surface area (Å²) in [6.45, 7) is 5.87. The number of rotatable bonds is 0. The Morgan fingerprint density at radius 1 is 1.25 bits per heavy atom. The fourth-order valence-corrected chi connectivity index (χ4v) is 1.25. The molecular formula is C11H14N3OY-. The van der Waals surface area contributed by atoms with Crippen LogP contribution in [0.5, 0.6) is 0 Å². The summed E-state index contributed by atoms with van der Waals surface area (Å²) < 4.78 is 1.49. The Labute approximate surface area is 120 Å². The molecule has 0 aliphatic heterocycles. The van der Waals surface area contributed by atoms with Crippen LogP contribution in [0, 0.1) is 13.3 Å². The summed E-state index contributed by atoms with van der Waals surface area (Å²) in [5, 5.41) is 0.890. The number of fused-ring (bicyclic) bond motifs is 1. The summed E-state index contributed by atoms with van der Waals surface area (Å²) in [7, 11) is 1.69. The molecular weight excluding hydrogens is 279 g/mol. The monoisotopic (exact) mass is 293 g/mol. The number of pyridine rings is 1. The van der Waals surface area contributed by atoms with Crippen LogP contribution in [-0.2, 0) is 39.8 Å². The smallest absolute Gasteiger partial charge is 0.240 e. The molecule has 0 saturated carbocycles. The van der Waals surface area contributed by atoms with Gasteiger partial charge in [0.15, 0.2) is 0 Å². The summed E-state index contributed by atoms with van der Waals surface area (Å²) in [4.78, 5) is 19.1. The van der Waals surface area contributed by atoms with E-state index in [0.29, 0.717) is 5.65 Å². The number of aryl methyl sites for hydroxylation is 2. The zero-order valence-corrected chi connectivity index (χ0v) is 12.8. The third kappa shape index (κ3) is 2.95. The molecule has 2 heterocycles. The second kappa shape index (κ2) is 6.87. The summed E-state index contributed by atoms with van der Waals surface area (Å²) in [6, 6.07) is 3.25. The minimum Gasteiger partial charge on any atom is -0.370 e. The molecule has 1 radical (unpaired) electrons. The van der Waals surface area contributed by atoms with Crippen molar-refractivity contribution in [1.82, 2.24) is 14.5 Å². The molecule has 5 heteroatoms. The Balaban J connectivity index is 0.000000711. The first kappa shape index (κ1) is 15.4. The van der Waals surface area contributed by atoms with Crippen LogP contribution in [-0.4, -0.2) is 14.5 Å². The number of nitrogens with zero attached hydrogens (tertiary/aromatic N) is 3. The van der Waals surface area contributed by atoms with Crippen LogP contribution in [0.3, 0.4) is 0 Å². The molecule has 4 nitrogen and oxygen atoms in total. The summed E-state index contributed by atoms with van der Waals surface area (Å²) in [5.41, 5.74) is 1.39. The van der Waals surface area contributed by atoms with Gasteiger partial charge in [0.2, 0.25) is 5.56 Å². The van der Waals surface area contributed by atoms with Crippen LogP contribution < -0.4 is 5.56 Å². The van der Waals surface area contributed by atoms with Crippen LogP contribution in [0.15, 0.2) is 16.9 Å². The maximum absolute atomic E-state index is 11.2. The molecule has 0 amide bonds. The SMILES string of the molecule is CC.Cc1n[c-]nc2c1ccc(=O)n2C.[Y]. The van der Waals surface area contributed by atoms with E-state index >= 15 is 0 Å². The van der Waals surface area contributed by atoms with Crippen molar-refractivity contribution in [2.75, 3.05) is 0 Å². The number of hydrogen-bond donors (Lipinski definition) is 0. The van der Waals surface area contributed by atoms with Gasteiger partial charge in [-0.2, -0.15) is 0 Å². The normalized spacial score (nSPS) is 9.00. The molecule has 0 atom stereocenters.